The second-order valence-corrected chi connectivity index (χ2v) is 7.81. The van der Waals surface area contributed by atoms with E-state index >= 15 is 0 Å². The summed E-state index contributed by atoms with van der Waals surface area (Å²) in [6.07, 6.45) is 1.56. The van der Waals surface area contributed by atoms with E-state index in [2.05, 4.69) is 4.98 Å². The topological polar surface area (TPSA) is 79.7 Å². The predicted molar refractivity (Wildman–Crippen MR) is 115 cm³/mol. The van der Waals surface area contributed by atoms with Gasteiger partial charge >= 0.3 is 0 Å². The molecule has 1 N–H and O–H groups in total. The molecule has 6 nitrogen and oxygen atoms in total. The van der Waals surface area contributed by atoms with Crippen LogP contribution in [-0.4, -0.2) is 28.4 Å². The Morgan fingerprint density at radius 3 is 2.67 bits per heavy atom. The first-order chi connectivity index (χ1) is 14.5. The van der Waals surface area contributed by atoms with Crippen molar-refractivity contribution >= 4 is 39.8 Å². The van der Waals surface area contributed by atoms with E-state index in [-0.39, 0.29) is 5.57 Å². The lowest BCUT2D eigenvalue weighted by atomic mass is 9.93. The van der Waals surface area contributed by atoms with Crippen molar-refractivity contribution in [1.29, 1.82) is 0 Å². The second kappa shape index (κ2) is 8.30. The van der Waals surface area contributed by atoms with Crippen LogP contribution in [0.25, 0.3) is 0 Å². The SMILES string of the molecule is CCOc1ccc(C(=O)C2=C(O)C(=O)N(c3nccs3)C2c2cccc(Cl)c2)cc1. The molecule has 1 aliphatic heterocycles. The summed E-state index contributed by atoms with van der Waals surface area (Å²) >= 11 is 7.41. The molecule has 0 spiro atoms. The first-order valence-corrected chi connectivity index (χ1v) is 10.5. The molecule has 1 atom stereocenters. The van der Waals surface area contributed by atoms with E-state index in [1.54, 1.807) is 60.1 Å². The molecule has 152 valence electrons. The van der Waals surface area contributed by atoms with Crippen molar-refractivity contribution in [2.24, 2.45) is 0 Å². The molecule has 1 amide bonds. The molecule has 4 rings (SSSR count). The van der Waals surface area contributed by atoms with E-state index in [4.69, 9.17) is 16.3 Å². The number of amides is 1. The number of ether oxygens (including phenoxy) is 1. The summed E-state index contributed by atoms with van der Waals surface area (Å²) in [5.74, 6) is -1.09. The van der Waals surface area contributed by atoms with E-state index in [0.29, 0.717) is 33.6 Å². The van der Waals surface area contributed by atoms with Gasteiger partial charge in [-0.05, 0) is 48.9 Å². The van der Waals surface area contributed by atoms with Crippen LogP contribution in [0.15, 0.2) is 71.4 Å². The third-order valence-electron chi connectivity index (χ3n) is 4.67. The van der Waals surface area contributed by atoms with Crippen molar-refractivity contribution in [3.8, 4) is 5.75 Å². The van der Waals surface area contributed by atoms with Gasteiger partial charge in [0.15, 0.2) is 16.7 Å². The number of aliphatic hydroxyl groups excluding tert-OH is 1. The Labute approximate surface area is 182 Å². The van der Waals surface area contributed by atoms with Crippen molar-refractivity contribution in [2.45, 2.75) is 13.0 Å². The summed E-state index contributed by atoms with van der Waals surface area (Å²) in [7, 11) is 0. The zero-order valence-electron chi connectivity index (χ0n) is 15.9. The van der Waals surface area contributed by atoms with Crippen LogP contribution in [0, 0.1) is 0 Å². The smallest absolute Gasteiger partial charge is 0.296 e. The maximum atomic E-state index is 13.4. The molecule has 2 aromatic carbocycles. The first kappa shape index (κ1) is 20.1. The lowest BCUT2D eigenvalue weighted by Crippen LogP contribution is -2.30. The number of carbonyl (C=O) groups excluding carboxylic acids is 2. The van der Waals surface area contributed by atoms with Crippen LogP contribution in [0.3, 0.4) is 0 Å². The normalized spacial score (nSPS) is 16.3. The van der Waals surface area contributed by atoms with Crippen molar-refractivity contribution in [2.75, 3.05) is 11.5 Å². The van der Waals surface area contributed by atoms with E-state index < -0.39 is 23.5 Å². The number of halogens is 1. The van der Waals surface area contributed by atoms with Gasteiger partial charge in [-0.25, -0.2) is 4.98 Å². The van der Waals surface area contributed by atoms with E-state index in [0.717, 1.165) is 0 Å². The highest BCUT2D eigenvalue weighted by Gasteiger charge is 2.45. The molecule has 3 aromatic rings. The van der Waals surface area contributed by atoms with Crippen molar-refractivity contribution in [3.63, 3.8) is 0 Å². The van der Waals surface area contributed by atoms with Gasteiger partial charge < -0.3 is 9.84 Å². The maximum Gasteiger partial charge on any atom is 0.296 e. The molecule has 0 saturated carbocycles. The molecular weight excluding hydrogens is 424 g/mol. The number of Topliss-reactive ketones (excluding diaryl/α,β-unsaturated/α-hetero) is 1. The Hall–Kier alpha value is -3.16. The van der Waals surface area contributed by atoms with Crippen molar-refractivity contribution in [3.05, 3.63) is 87.6 Å². The largest absolute Gasteiger partial charge is 0.503 e. The quantitative estimate of drug-likeness (QED) is 0.547. The fourth-order valence-electron chi connectivity index (χ4n) is 3.39. The van der Waals surface area contributed by atoms with Gasteiger partial charge in [0.2, 0.25) is 0 Å². The Morgan fingerprint density at radius 2 is 2.03 bits per heavy atom. The van der Waals surface area contributed by atoms with Crippen LogP contribution in [-0.2, 0) is 4.79 Å². The number of carbonyl (C=O) groups is 2. The summed E-state index contributed by atoms with van der Waals surface area (Å²) in [4.78, 5) is 31.8. The van der Waals surface area contributed by atoms with E-state index in [1.165, 1.54) is 16.2 Å². The van der Waals surface area contributed by atoms with E-state index in [9.17, 15) is 14.7 Å². The molecule has 0 aliphatic carbocycles. The van der Waals surface area contributed by atoms with Gasteiger partial charge in [-0.15, -0.1) is 11.3 Å². The van der Waals surface area contributed by atoms with Crippen LogP contribution in [0.5, 0.6) is 5.75 Å². The first-order valence-electron chi connectivity index (χ1n) is 9.20. The minimum atomic E-state index is -0.846. The fraction of sp³-hybridized carbons (Fsp3) is 0.136. The number of benzene rings is 2. The second-order valence-electron chi connectivity index (χ2n) is 6.50. The van der Waals surface area contributed by atoms with Gasteiger partial charge in [0, 0.05) is 22.2 Å². The Bertz CT molecular complexity index is 1130. The molecule has 30 heavy (non-hydrogen) atoms. The van der Waals surface area contributed by atoms with Crippen LogP contribution in [0.4, 0.5) is 5.13 Å². The van der Waals surface area contributed by atoms with Crippen LogP contribution >= 0.6 is 22.9 Å². The molecule has 1 aromatic heterocycles. The zero-order valence-corrected chi connectivity index (χ0v) is 17.5. The fourth-order valence-corrected chi connectivity index (χ4v) is 4.25. The minimum absolute atomic E-state index is 0.0124. The van der Waals surface area contributed by atoms with Crippen molar-refractivity contribution < 1.29 is 19.4 Å². The summed E-state index contributed by atoms with van der Waals surface area (Å²) in [6.45, 7) is 2.38. The predicted octanol–water partition coefficient (Wildman–Crippen LogP) is 4.98. The molecule has 0 fully saturated rings. The highest BCUT2D eigenvalue weighted by Crippen LogP contribution is 2.42. The number of nitrogens with zero attached hydrogens (tertiary/aromatic N) is 2. The van der Waals surface area contributed by atoms with Gasteiger partial charge in [-0.3, -0.25) is 14.5 Å². The van der Waals surface area contributed by atoms with Crippen LogP contribution < -0.4 is 9.64 Å². The Balaban J connectivity index is 1.81. The van der Waals surface area contributed by atoms with Gasteiger partial charge in [-0.2, -0.15) is 0 Å². The maximum absolute atomic E-state index is 13.4. The summed E-state index contributed by atoms with van der Waals surface area (Å²) < 4.78 is 5.42. The number of aromatic nitrogens is 1. The lowest BCUT2D eigenvalue weighted by Gasteiger charge is -2.24. The Kier molecular flexibility index (Phi) is 5.57. The molecule has 8 heteroatoms. The minimum Gasteiger partial charge on any atom is -0.503 e. The number of ketones is 1. The Morgan fingerprint density at radius 1 is 1.27 bits per heavy atom. The average molecular weight is 441 g/mol. The molecule has 1 unspecified atom stereocenters. The number of thiazole rings is 1. The lowest BCUT2D eigenvalue weighted by molar-refractivity contribution is -0.117. The zero-order chi connectivity index (χ0) is 21.3. The summed E-state index contributed by atoms with van der Waals surface area (Å²) in [6, 6.07) is 12.6. The van der Waals surface area contributed by atoms with Crippen molar-refractivity contribution in [1.82, 2.24) is 4.98 Å². The number of rotatable bonds is 6. The number of anilines is 1. The van der Waals surface area contributed by atoms with Gasteiger partial charge in [0.1, 0.15) is 5.75 Å². The van der Waals surface area contributed by atoms with Gasteiger partial charge in [0.25, 0.3) is 5.91 Å². The summed E-state index contributed by atoms with van der Waals surface area (Å²) in [5.41, 5.74) is 0.923. The van der Waals surface area contributed by atoms with Gasteiger partial charge in [0.05, 0.1) is 18.2 Å². The molecule has 0 saturated heterocycles. The standard InChI is InChI=1S/C22H17ClN2O4S/c1-2-29-16-8-6-13(7-9-16)19(26)17-18(14-4-3-5-15(23)12-14)25(21(28)20(17)27)22-24-10-11-30-22/h3-12,18,27H,2H2,1H3. The monoisotopic (exact) mass is 440 g/mol. The number of aliphatic hydroxyl groups is 1. The highest BCUT2D eigenvalue weighted by atomic mass is 35.5. The molecule has 0 bridgehead atoms. The number of hydrogen-bond acceptors (Lipinski definition) is 6. The third-order valence-corrected chi connectivity index (χ3v) is 5.68. The van der Waals surface area contributed by atoms with E-state index in [1.807, 2.05) is 6.92 Å². The molecule has 2 heterocycles. The van der Waals surface area contributed by atoms with Crippen LogP contribution in [0.2, 0.25) is 5.02 Å². The molecular formula is C22H17ClN2O4S. The molecule has 0 radical (unpaired) electrons. The molecule has 1 aliphatic rings. The summed E-state index contributed by atoms with van der Waals surface area (Å²) in [5, 5.41) is 13.2. The van der Waals surface area contributed by atoms with Crippen LogP contribution in [0.1, 0.15) is 28.9 Å². The highest BCUT2D eigenvalue weighted by molar-refractivity contribution is 7.13. The number of hydrogen-bond donors (Lipinski definition) is 1. The average Bonchev–Trinajstić information content (AvgIpc) is 3.35. The van der Waals surface area contributed by atoms with Gasteiger partial charge in [-0.1, -0.05) is 23.7 Å². The third kappa shape index (κ3) is 3.58.